The minimum atomic E-state index is 0. The number of thiophene rings is 1. The first kappa shape index (κ1) is 19.1. The van der Waals surface area contributed by atoms with Crippen LogP contribution in [0.1, 0.15) is 18.4 Å². The molecule has 6 heteroatoms. The van der Waals surface area contributed by atoms with Crippen LogP contribution in [0, 0.1) is 0 Å². The Balaban J connectivity index is 0.00000208. The Morgan fingerprint density at radius 1 is 1.25 bits per heavy atom. The van der Waals surface area contributed by atoms with Crippen molar-refractivity contribution in [2.75, 3.05) is 20.1 Å². The number of likely N-dealkylation sites (tertiary alicyclic amines) is 1. The van der Waals surface area contributed by atoms with Crippen LogP contribution in [0.5, 0.6) is 5.75 Å². The molecular formula is C18H24IN3OS. The van der Waals surface area contributed by atoms with Crippen LogP contribution < -0.4 is 10.1 Å². The fourth-order valence-corrected chi connectivity index (χ4v) is 3.45. The maximum absolute atomic E-state index is 6.05. The number of nitrogens with one attached hydrogen (secondary N) is 1. The summed E-state index contributed by atoms with van der Waals surface area (Å²) in [6.07, 6.45) is 2.34. The van der Waals surface area contributed by atoms with E-state index in [1.807, 2.05) is 37.4 Å². The highest BCUT2D eigenvalue weighted by molar-refractivity contribution is 14.0. The molecule has 1 aromatic carbocycles. The number of aliphatic imine (C=N–C) groups is 1. The predicted octanol–water partition coefficient (Wildman–Crippen LogP) is 3.98. The number of hydrogen-bond acceptors (Lipinski definition) is 3. The molecule has 1 aliphatic rings. The predicted molar refractivity (Wildman–Crippen MR) is 112 cm³/mol. The second kappa shape index (κ2) is 9.88. The second-order valence-electron chi connectivity index (χ2n) is 5.65. The molecule has 0 radical (unpaired) electrons. The second-order valence-corrected chi connectivity index (χ2v) is 6.43. The highest BCUT2D eigenvalue weighted by Crippen LogP contribution is 2.18. The Kier molecular flexibility index (Phi) is 7.84. The third-order valence-corrected chi connectivity index (χ3v) is 4.76. The Morgan fingerprint density at radius 2 is 2.00 bits per heavy atom. The molecule has 1 aromatic heterocycles. The lowest BCUT2D eigenvalue weighted by molar-refractivity contribution is 0.129. The van der Waals surface area contributed by atoms with Crippen molar-refractivity contribution in [1.82, 2.24) is 10.2 Å². The van der Waals surface area contributed by atoms with Crippen molar-refractivity contribution in [3.05, 3.63) is 52.7 Å². The first-order valence-electron chi connectivity index (χ1n) is 8.03. The SMILES string of the molecule is CN=C(NCc1ccsc1)N1CCC(Oc2ccccc2)CC1.I. The zero-order valence-corrected chi connectivity index (χ0v) is 17.0. The molecule has 0 atom stereocenters. The zero-order valence-electron chi connectivity index (χ0n) is 13.9. The molecule has 1 saturated heterocycles. The maximum Gasteiger partial charge on any atom is 0.193 e. The molecule has 3 rings (SSSR count). The van der Waals surface area contributed by atoms with Gasteiger partial charge in [0.15, 0.2) is 5.96 Å². The molecule has 2 heterocycles. The maximum atomic E-state index is 6.05. The van der Waals surface area contributed by atoms with Gasteiger partial charge in [-0.2, -0.15) is 11.3 Å². The molecule has 1 aliphatic heterocycles. The van der Waals surface area contributed by atoms with Crippen molar-refractivity contribution in [2.24, 2.45) is 4.99 Å². The van der Waals surface area contributed by atoms with Crippen LogP contribution in [0.3, 0.4) is 0 Å². The summed E-state index contributed by atoms with van der Waals surface area (Å²) in [6, 6.07) is 12.2. The minimum Gasteiger partial charge on any atom is -0.490 e. The number of nitrogens with zero attached hydrogens (tertiary/aromatic N) is 2. The average molecular weight is 457 g/mol. The van der Waals surface area contributed by atoms with Gasteiger partial charge in [-0.1, -0.05) is 18.2 Å². The standard InChI is InChI=1S/C18H23N3OS.HI/c1-19-18(20-13-15-9-12-23-14-15)21-10-7-17(8-11-21)22-16-5-3-2-4-6-16;/h2-6,9,12,14,17H,7-8,10-11,13H2,1H3,(H,19,20);1H. The van der Waals surface area contributed by atoms with Gasteiger partial charge >= 0.3 is 0 Å². The van der Waals surface area contributed by atoms with E-state index in [-0.39, 0.29) is 24.0 Å². The molecule has 1 N–H and O–H groups in total. The van der Waals surface area contributed by atoms with Gasteiger partial charge in [-0.15, -0.1) is 24.0 Å². The van der Waals surface area contributed by atoms with Crippen LogP contribution in [0.2, 0.25) is 0 Å². The summed E-state index contributed by atoms with van der Waals surface area (Å²) in [4.78, 5) is 6.73. The number of piperidine rings is 1. The molecular weight excluding hydrogens is 433 g/mol. The van der Waals surface area contributed by atoms with Crippen molar-refractivity contribution in [3.8, 4) is 5.75 Å². The summed E-state index contributed by atoms with van der Waals surface area (Å²) < 4.78 is 6.05. The largest absolute Gasteiger partial charge is 0.490 e. The molecule has 0 saturated carbocycles. The Labute approximate surface area is 165 Å². The lowest BCUT2D eigenvalue weighted by Crippen LogP contribution is -2.47. The van der Waals surface area contributed by atoms with Crippen molar-refractivity contribution >= 4 is 41.3 Å². The lowest BCUT2D eigenvalue weighted by atomic mass is 10.1. The summed E-state index contributed by atoms with van der Waals surface area (Å²) in [5, 5.41) is 7.72. The number of hydrogen-bond donors (Lipinski definition) is 1. The van der Waals surface area contributed by atoms with E-state index in [4.69, 9.17) is 4.74 Å². The van der Waals surface area contributed by atoms with E-state index in [9.17, 15) is 0 Å². The molecule has 130 valence electrons. The fraction of sp³-hybridized carbons (Fsp3) is 0.389. The molecule has 2 aromatic rings. The van der Waals surface area contributed by atoms with E-state index in [1.54, 1.807) is 11.3 Å². The van der Waals surface area contributed by atoms with Crippen molar-refractivity contribution in [1.29, 1.82) is 0 Å². The lowest BCUT2D eigenvalue weighted by Gasteiger charge is -2.34. The first-order chi connectivity index (χ1) is 11.3. The Hall–Kier alpha value is -1.28. The van der Waals surface area contributed by atoms with Crippen LogP contribution in [0.25, 0.3) is 0 Å². The number of para-hydroxylation sites is 1. The summed E-state index contributed by atoms with van der Waals surface area (Å²) >= 11 is 1.73. The number of guanidine groups is 1. The van der Waals surface area contributed by atoms with Gasteiger partial charge in [0, 0.05) is 39.5 Å². The van der Waals surface area contributed by atoms with Crippen LogP contribution in [-0.2, 0) is 6.54 Å². The highest BCUT2D eigenvalue weighted by Gasteiger charge is 2.22. The van der Waals surface area contributed by atoms with Gasteiger partial charge < -0.3 is 15.0 Å². The molecule has 4 nitrogen and oxygen atoms in total. The van der Waals surface area contributed by atoms with Crippen LogP contribution >= 0.6 is 35.3 Å². The Morgan fingerprint density at radius 3 is 2.62 bits per heavy atom. The molecule has 0 spiro atoms. The van der Waals surface area contributed by atoms with Crippen molar-refractivity contribution in [2.45, 2.75) is 25.5 Å². The van der Waals surface area contributed by atoms with E-state index in [2.05, 4.69) is 32.0 Å². The first-order valence-corrected chi connectivity index (χ1v) is 8.98. The summed E-state index contributed by atoms with van der Waals surface area (Å²) in [5.74, 6) is 1.94. The van der Waals surface area contributed by atoms with Crippen molar-refractivity contribution in [3.63, 3.8) is 0 Å². The van der Waals surface area contributed by atoms with E-state index in [0.717, 1.165) is 44.2 Å². The van der Waals surface area contributed by atoms with Gasteiger partial charge in [0.2, 0.25) is 0 Å². The quantitative estimate of drug-likeness (QED) is 0.429. The minimum absolute atomic E-state index is 0. The van der Waals surface area contributed by atoms with Crippen molar-refractivity contribution < 1.29 is 4.74 Å². The van der Waals surface area contributed by atoms with Gasteiger partial charge in [-0.3, -0.25) is 4.99 Å². The topological polar surface area (TPSA) is 36.9 Å². The van der Waals surface area contributed by atoms with Gasteiger partial charge in [0.05, 0.1) is 0 Å². The normalized spacial score (nSPS) is 15.7. The van der Waals surface area contributed by atoms with Gasteiger partial charge in [-0.05, 0) is 34.5 Å². The zero-order chi connectivity index (χ0) is 15.9. The van der Waals surface area contributed by atoms with Gasteiger partial charge in [-0.25, -0.2) is 0 Å². The molecule has 0 unspecified atom stereocenters. The number of benzene rings is 1. The summed E-state index contributed by atoms with van der Waals surface area (Å²) in [6.45, 7) is 2.78. The van der Waals surface area contributed by atoms with Gasteiger partial charge in [0.25, 0.3) is 0 Å². The van der Waals surface area contributed by atoms with E-state index >= 15 is 0 Å². The average Bonchev–Trinajstić information content (AvgIpc) is 3.11. The summed E-state index contributed by atoms with van der Waals surface area (Å²) in [5.41, 5.74) is 1.30. The van der Waals surface area contributed by atoms with Crippen LogP contribution in [0.15, 0.2) is 52.2 Å². The molecule has 0 aliphatic carbocycles. The smallest absolute Gasteiger partial charge is 0.193 e. The molecule has 0 bridgehead atoms. The monoisotopic (exact) mass is 457 g/mol. The third kappa shape index (κ3) is 5.37. The van der Waals surface area contributed by atoms with E-state index in [0.29, 0.717) is 6.10 Å². The van der Waals surface area contributed by atoms with E-state index < -0.39 is 0 Å². The molecule has 1 fully saturated rings. The molecule has 24 heavy (non-hydrogen) atoms. The van der Waals surface area contributed by atoms with E-state index in [1.165, 1.54) is 5.56 Å². The van der Waals surface area contributed by atoms with Crippen LogP contribution in [-0.4, -0.2) is 37.1 Å². The Bertz CT molecular complexity index is 610. The molecule has 0 amide bonds. The fourth-order valence-electron chi connectivity index (χ4n) is 2.78. The number of ether oxygens (including phenoxy) is 1. The third-order valence-electron chi connectivity index (χ3n) is 4.03. The van der Waals surface area contributed by atoms with Crippen LogP contribution in [0.4, 0.5) is 0 Å². The highest BCUT2D eigenvalue weighted by atomic mass is 127. The number of rotatable bonds is 4. The summed E-state index contributed by atoms with van der Waals surface area (Å²) in [7, 11) is 1.85. The van der Waals surface area contributed by atoms with Gasteiger partial charge in [0.1, 0.15) is 11.9 Å². The number of halogens is 1.